The van der Waals surface area contributed by atoms with Gasteiger partial charge in [-0.3, -0.25) is 9.48 Å². The quantitative estimate of drug-likeness (QED) is 0.638. The van der Waals surface area contributed by atoms with E-state index in [9.17, 15) is 4.79 Å². The molecule has 1 aliphatic heterocycles. The SMILES string of the molecule is O=c1ccc(-n2cccn2)nn1CC1CCN(CCn2cncn2)CC1. The average Bonchev–Trinajstić information content (AvgIpc) is 3.37. The molecular formula is C17H22N8O. The minimum Gasteiger partial charge on any atom is -0.301 e. The van der Waals surface area contributed by atoms with Crippen molar-refractivity contribution in [2.24, 2.45) is 5.92 Å². The largest absolute Gasteiger partial charge is 0.301 e. The molecule has 0 radical (unpaired) electrons. The number of piperidine rings is 1. The summed E-state index contributed by atoms with van der Waals surface area (Å²) in [7, 11) is 0. The minimum absolute atomic E-state index is 0.0606. The van der Waals surface area contributed by atoms with Crippen molar-refractivity contribution in [3.63, 3.8) is 0 Å². The number of hydrogen-bond acceptors (Lipinski definition) is 6. The predicted molar refractivity (Wildman–Crippen MR) is 94.8 cm³/mol. The first-order chi connectivity index (χ1) is 12.8. The van der Waals surface area contributed by atoms with E-state index in [-0.39, 0.29) is 5.56 Å². The van der Waals surface area contributed by atoms with Gasteiger partial charge in [0, 0.05) is 31.5 Å². The van der Waals surface area contributed by atoms with Crippen molar-refractivity contribution >= 4 is 0 Å². The van der Waals surface area contributed by atoms with Crippen LogP contribution in [0.1, 0.15) is 12.8 Å². The van der Waals surface area contributed by atoms with E-state index in [1.165, 1.54) is 0 Å². The number of hydrogen-bond donors (Lipinski definition) is 0. The lowest BCUT2D eigenvalue weighted by molar-refractivity contribution is 0.163. The molecule has 3 aromatic heterocycles. The van der Waals surface area contributed by atoms with Crippen molar-refractivity contribution < 1.29 is 0 Å². The summed E-state index contributed by atoms with van der Waals surface area (Å²) in [5.41, 5.74) is -0.0606. The van der Waals surface area contributed by atoms with Gasteiger partial charge in [-0.1, -0.05) is 0 Å². The van der Waals surface area contributed by atoms with Crippen LogP contribution in [0.3, 0.4) is 0 Å². The van der Waals surface area contributed by atoms with Gasteiger partial charge in [-0.2, -0.15) is 10.2 Å². The molecule has 4 heterocycles. The molecule has 9 heteroatoms. The summed E-state index contributed by atoms with van der Waals surface area (Å²) in [6, 6.07) is 5.11. The number of likely N-dealkylation sites (tertiary alicyclic amines) is 1. The van der Waals surface area contributed by atoms with E-state index in [1.807, 2.05) is 16.9 Å². The molecular weight excluding hydrogens is 332 g/mol. The maximum Gasteiger partial charge on any atom is 0.266 e. The highest BCUT2D eigenvalue weighted by Gasteiger charge is 2.20. The molecule has 9 nitrogen and oxygen atoms in total. The molecule has 0 N–H and O–H groups in total. The molecule has 0 saturated carbocycles. The summed E-state index contributed by atoms with van der Waals surface area (Å²) in [4.78, 5) is 18.6. The smallest absolute Gasteiger partial charge is 0.266 e. The average molecular weight is 354 g/mol. The lowest BCUT2D eigenvalue weighted by Gasteiger charge is -2.31. The van der Waals surface area contributed by atoms with Gasteiger partial charge in [0.15, 0.2) is 5.82 Å². The Morgan fingerprint density at radius 2 is 2.00 bits per heavy atom. The fourth-order valence-electron chi connectivity index (χ4n) is 3.32. The molecule has 0 aliphatic carbocycles. The van der Waals surface area contributed by atoms with Crippen LogP contribution in [-0.4, -0.2) is 58.9 Å². The van der Waals surface area contributed by atoms with Crippen molar-refractivity contribution in [1.29, 1.82) is 0 Å². The Balaban J connectivity index is 1.33. The molecule has 1 saturated heterocycles. The van der Waals surface area contributed by atoms with E-state index in [2.05, 4.69) is 25.2 Å². The summed E-state index contributed by atoms with van der Waals surface area (Å²) in [5, 5.41) is 12.8. The first-order valence-corrected chi connectivity index (χ1v) is 8.91. The Labute approximate surface area is 150 Å². The Hall–Kier alpha value is -2.81. The standard InChI is InChI=1S/C17H22N8O/c26-17-3-2-16(24-7-1-6-19-24)21-25(17)12-15-4-8-22(9-5-15)10-11-23-14-18-13-20-23/h1-3,6-7,13-15H,4-5,8-12H2. The van der Waals surface area contributed by atoms with Crippen LogP contribution in [-0.2, 0) is 13.1 Å². The molecule has 0 spiro atoms. The zero-order valence-electron chi connectivity index (χ0n) is 14.6. The Kier molecular flexibility index (Phi) is 4.87. The first-order valence-electron chi connectivity index (χ1n) is 8.91. The maximum absolute atomic E-state index is 12.2. The van der Waals surface area contributed by atoms with E-state index < -0.39 is 0 Å². The van der Waals surface area contributed by atoms with E-state index in [4.69, 9.17) is 0 Å². The van der Waals surface area contributed by atoms with E-state index in [0.717, 1.165) is 39.0 Å². The molecule has 1 fully saturated rings. The molecule has 0 bridgehead atoms. The highest BCUT2D eigenvalue weighted by molar-refractivity contribution is 5.17. The van der Waals surface area contributed by atoms with Crippen LogP contribution in [0.4, 0.5) is 0 Å². The summed E-state index contributed by atoms with van der Waals surface area (Å²) >= 11 is 0. The molecule has 1 aliphatic rings. The van der Waals surface area contributed by atoms with Crippen LogP contribution in [0.2, 0.25) is 0 Å². The van der Waals surface area contributed by atoms with Gasteiger partial charge in [-0.15, -0.1) is 5.10 Å². The van der Waals surface area contributed by atoms with Crippen LogP contribution in [0.25, 0.3) is 5.82 Å². The highest BCUT2D eigenvalue weighted by Crippen LogP contribution is 2.18. The molecule has 26 heavy (non-hydrogen) atoms. The molecule has 136 valence electrons. The highest BCUT2D eigenvalue weighted by atomic mass is 16.1. The second-order valence-corrected chi connectivity index (χ2v) is 6.61. The van der Waals surface area contributed by atoms with Crippen LogP contribution in [0.5, 0.6) is 0 Å². The lowest BCUT2D eigenvalue weighted by Crippen LogP contribution is -2.38. The number of rotatable bonds is 6. The van der Waals surface area contributed by atoms with Crippen LogP contribution >= 0.6 is 0 Å². The van der Waals surface area contributed by atoms with Crippen molar-refractivity contribution in [1.82, 2.24) is 39.2 Å². The zero-order valence-corrected chi connectivity index (χ0v) is 14.6. The molecule has 3 aromatic rings. The fourth-order valence-corrected chi connectivity index (χ4v) is 3.32. The van der Waals surface area contributed by atoms with E-state index >= 15 is 0 Å². The van der Waals surface area contributed by atoms with Crippen molar-refractivity contribution in [2.75, 3.05) is 19.6 Å². The third kappa shape index (κ3) is 3.88. The van der Waals surface area contributed by atoms with Crippen molar-refractivity contribution in [3.8, 4) is 5.82 Å². The fraction of sp³-hybridized carbons (Fsp3) is 0.471. The maximum atomic E-state index is 12.2. The Bertz CT molecular complexity index is 863. The molecule has 0 atom stereocenters. The van der Waals surface area contributed by atoms with E-state index in [0.29, 0.717) is 18.3 Å². The second kappa shape index (κ2) is 7.61. The Morgan fingerprint density at radius 1 is 1.12 bits per heavy atom. The second-order valence-electron chi connectivity index (χ2n) is 6.61. The topological polar surface area (TPSA) is 86.7 Å². The first kappa shape index (κ1) is 16.6. The van der Waals surface area contributed by atoms with Gasteiger partial charge in [0.25, 0.3) is 5.56 Å². The normalized spacial score (nSPS) is 16.2. The van der Waals surface area contributed by atoms with Gasteiger partial charge in [-0.05, 0) is 44.0 Å². The van der Waals surface area contributed by atoms with Crippen molar-refractivity contribution in [2.45, 2.75) is 25.9 Å². The molecule has 0 aromatic carbocycles. The molecule has 0 unspecified atom stereocenters. The zero-order chi connectivity index (χ0) is 17.8. The van der Waals surface area contributed by atoms with Crippen molar-refractivity contribution in [3.05, 3.63) is 53.6 Å². The summed E-state index contributed by atoms with van der Waals surface area (Å²) in [6.07, 6.45) is 8.97. The van der Waals surface area contributed by atoms with Gasteiger partial charge in [0.05, 0.1) is 6.54 Å². The van der Waals surface area contributed by atoms with E-state index in [1.54, 1.807) is 40.3 Å². The number of nitrogens with zero attached hydrogens (tertiary/aromatic N) is 8. The van der Waals surface area contributed by atoms with Gasteiger partial charge in [0.2, 0.25) is 0 Å². The minimum atomic E-state index is -0.0606. The van der Waals surface area contributed by atoms with Gasteiger partial charge in [-0.25, -0.2) is 14.3 Å². The number of aromatic nitrogens is 7. The van der Waals surface area contributed by atoms with Gasteiger partial charge >= 0.3 is 0 Å². The summed E-state index contributed by atoms with van der Waals surface area (Å²) in [5.74, 6) is 1.13. The monoisotopic (exact) mass is 354 g/mol. The van der Waals surface area contributed by atoms with Gasteiger partial charge in [0.1, 0.15) is 12.7 Å². The third-order valence-electron chi connectivity index (χ3n) is 4.84. The third-order valence-corrected chi connectivity index (χ3v) is 4.84. The predicted octanol–water partition coefficient (Wildman–Crippen LogP) is 0.433. The van der Waals surface area contributed by atoms with Crippen LogP contribution in [0, 0.1) is 5.92 Å². The molecule has 4 rings (SSSR count). The van der Waals surface area contributed by atoms with Gasteiger partial charge < -0.3 is 4.90 Å². The van der Waals surface area contributed by atoms with Crippen LogP contribution < -0.4 is 5.56 Å². The molecule has 0 amide bonds. The summed E-state index contributed by atoms with van der Waals surface area (Å²) < 4.78 is 5.10. The lowest BCUT2D eigenvalue weighted by atomic mass is 9.97. The van der Waals surface area contributed by atoms with Crippen LogP contribution in [0.15, 0.2) is 48.0 Å². The Morgan fingerprint density at radius 3 is 2.73 bits per heavy atom. The summed E-state index contributed by atoms with van der Waals surface area (Å²) in [6.45, 7) is 4.56.